The van der Waals surface area contributed by atoms with Crippen LogP contribution in [0.3, 0.4) is 0 Å². The Kier molecular flexibility index (Phi) is 5.71. The number of rotatable bonds is 7. The maximum atomic E-state index is 11.6. The fourth-order valence-corrected chi connectivity index (χ4v) is 3.31. The number of pyridine rings is 1. The van der Waals surface area contributed by atoms with Gasteiger partial charge in [0.2, 0.25) is 5.12 Å². The summed E-state index contributed by atoms with van der Waals surface area (Å²) in [6.45, 7) is 2.69. The highest BCUT2D eigenvalue weighted by molar-refractivity contribution is 8.26. The third-order valence-electron chi connectivity index (χ3n) is 4.05. The molecule has 2 heterocycles. The summed E-state index contributed by atoms with van der Waals surface area (Å²) < 4.78 is 5.77. The van der Waals surface area contributed by atoms with E-state index in [1.807, 2.05) is 36.5 Å². The van der Waals surface area contributed by atoms with Crippen molar-refractivity contribution in [1.29, 1.82) is 0 Å². The van der Waals surface area contributed by atoms with E-state index in [4.69, 9.17) is 4.74 Å². The molecule has 1 aliphatic rings. The molecule has 1 amide bonds. The van der Waals surface area contributed by atoms with Crippen molar-refractivity contribution in [2.45, 2.75) is 32.2 Å². The van der Waals surface area contributed by atoms with Crippen LogP contribution in [0.4, 0.5) is 4.79 Å². The van der Waals surface area contributed by atoms with Crippen molar-refractivity contribution in [3.63, 3.8) is 0 Å². The molecule has 1 unspecified atom stereocenters. The molecule has 1 aromatic carbocycles. The summed E-state index contributed by atoms with van der Waals surface area (Å²) in [5.41, 5.74) is 3.30. The molecule has 6 heteroatoms. The highest BCUT2D eigenvalue weighted by Gasteiger charge is 2.31. The minimum Gasteiger partial charge on any atom is -0.493 e. The van der Waals surface area contributed by atoms with E-state index in [-0.39, 0.29) is 10.4 Å². The van der Waals surface area contributed by atoms with Crippen molar-refractivity contribution < 1.29 is 14.3 Å². The van der Waals surface area contributed by atoms with Gasteiger partial charge in [-0.05, 0) is 41.8 Å². The topological polar surface area (TPSA) is 68.3 Å². The molecule has 1 aliphatic heterocycles. The van der Waals surface area contributed by atoms with Gasteiger partial charge in [-0.15, -0.1) is 0 Å². The number of nitrogens with zero attached hydrogens (tertiary/aromatic N) is 1. The summed E-state index contributed by atoms with van der Waals surface area (Å²) in [5.74, 6) is 0.784. The van der Waals surface area contributed by atoms with Crippen LogP contribution in [-0.4, -0.2) is 28.0 Å². The van der Waals surface area contributed by atoms with E-state index in [9.17, 15) is 9.59 Å². The molecular formula is C19H20N2O3S. The molecule has 130 valence electrons. The molecular weight excluding hydrogens is 336 g/mol. The van der Waals surface area contributed by atoms with Crippen molar-refractivity contribution in [1.82, 2.24) is 10.3 Å². The number of benzene rings is 1. The van der Waals surface area contributed by atoms with Gasteiger partial charge >= 0.3 is 0 Å². The Bertz CT molecular complexity index is 762. The lowest BCUT2D eigenvalue weighted by Crippen LogP contribution is -2.30. The minimum absolute atomic E-state index is 0.118. The minimum atomic E-state index is -0.429. The molecule has 0 aliphatic carbocycles. The molecule has 0 spiro atoms. The maximum Gasteiger partial charge on any atom is 0.287 e. The van der Waals surface area contributed by atoms with Crippen molar-refractivity contribution in [2.24, 2.45) is 0 Å². The van der Waals surface area contributed by atoms with Gasteiger partial charge in [-0.1, -0.05) is 19.1 Å². The van der Waals surface area contributed by atoms with E-state index in [1.165, 1.54) is 5.56 Å². The second kappa shape index (κ2) is 8.16. The van der Waals surface area contributed by atoms with Crippen LogP contribution in [0.1, 0.15) is 23.7 Å². The van der Waals surface area contributed by atoms with Crippen LogP contribution in [0.2, 0.25) is 0 Å². The number of aromatic nitrogens is 1. The summed E-state index contributed by atoms with van der Waals surface area (Å²) in [7, 11) is 0. The molecule has 1 saturated heterocycles. The highest BCUT2D eigenvalue weighted by atomic mass is 32.2. The van der Waals surface area contributed by atoms with E-state index in [2.05, 4.69) is 23.3 Å². The first kappa shape index (κ1) is 17.5. The van der Waals surface area contributed by atoms with Crippen LogP contribution in [-0.2, 0) is 24.1 Å². The van der Waals surface area contributed by atoms with E-state index in [0.29, 0.717) is 13.0 Å². The van der Waals surface area contributed by atoms with Crippen molar-refractivity contribution in [3.05, 3.63) is 59.4 Å². The Labute approximate surface area is 151 Å². The largest absolute Gasteiger partial charge is 0.493 e. The maximum absolute atomic E-state index is 11.6. The van der Waals surface area contributed by atoms with E-state index in [0.717, 1.165) is 41.6 Å². The number of nitrogens with one attached hydrogen (secondary N) is 1. The van der Waals surface area contributed by atoms with Crippen molar-refractivity contribution in [2.75, 3.05) is 6.61 Å². The highest BCUT2D eigenvalue weighted by Crippen LogP contribution is 2.20. The molecule has 1 fully saturated rings. The van der Waals surface area contributed by atoms with Gasteiger partial charge in [0.05, 0.1) is 6.61 Å². The zero-order chi connectivity index (χ0) is 17.6. The van der Waals surface area contributed by atoms with Gasteiger partial charge in [-0.2, -0.15) is 0 Å². The summed E-state index contributed by atoms with van der Waals surface area (Å²) in [6, 6.07) is 11.3. The van der Waals surface area contributed by atoms with Crippen molar-refractivity contribution >= 4 is 22.1 Å². The van der Waals surface area contributed by atoms with Crippen LogP contribution >= 0.6 is 11.8 Å². The van der Waals surface area contributed by atoms with Crippen LogP contribution < -0.4 is 10.1 Å². The summed E-state index contributed by atoms with van der Waals surface area (Å²) in [5, 5.41) is 2.28. The zero-order valence-corrected chi connectivity index (χ0v) is 14.8. The molecule has 5 nitrogen and oxygen atoms in total. The van der Waals surface area contributed by atoms with Crippen LogP contribution in [0.25, 0.3) is 0 Å². The number of hydrogen-bond donors (Lipinski definition) is 1. The Hall–Kier alpha value is -2.34. The summed E-state index contributed by atoms with van der Waals surface area (Å²) >= 11 is 0.743. The Morgan fingerprint density at radius 1 is 1.16 bits per heavy atom. The van der Waals surface area contributed by atoms with Gasteiger partial charge in [-0.3, -0.25) is 14.6 Å². The molecule has 1 N–H and O–H groups in total. The predicted octanol–water partition coefficient (Wildman–Crippen LogP) is 3.16. The number of carbonyl (C=O) groups excluding carboxylic acids is 2. The van der Waals surface area contributed by atoms with E-state index >= 15 is 0 Å². The zero-order valence-electron chi connectivity index (χ0n) is 14.0. The molecule has 1 aromatic heterocycles. The fraction of sp³-hybridized carbons (Fsp3) is 0.316. The predicted molar refractivity (Wildman–Crippen MR) is 97.9 cm³/mol. The number of aryl methyl sites for hydroxylation is 1. The summed E-state index contributed by atoms with van der Waals surface area (Å²) in [4.78, 5) is 27.2. The second-order valence-corrected chi connectivity index (χ2v) is 6.84. The third-order valence-corrected chi connectivity index (χ3v) is 4.84. The number of hydrogen-bond acceptors (Lipinski definition) is 5. The average Bonchev–Trinajstić information content (AvgIpc) is 2.94. The Balaban J connectivity index is 1.49. The lowest BCUT2D eigenvalue weighted by atomic mass is 10.1. The van der Waals surface area contributed by atoms with E-state index < -0.39 is 6.04 Å². The lowest BCUT2D eigenvalue weighted by molar-refractivity contribution is -0.112. The van der Waals surface area contributed by atoms with Gasteiger partial charge in [0.15, 0.2) is 0 Å². The summed E-state index contributed by atoms with van der Waals surface area (Å²) in [6.07, 6.45) is 4.10. The number of thioether (sulfide) groups is 1. The molecule has 3 rings (SSSR count). The van der Waals surface area contributed by atoms with Crippen molar-refractivity contribution in [3.8, 4) is 5.75 Å². The molecule has 1 atom stereocenters. The second-order valence-electron chi connectivity index (χ2n) is 5.86. The average molecular weight is 356 g/mol. The molecule has 0 bridgehead atoms. The van der Waals surface area contributed by atoms with Gasteiger partial charge < -0.3 is 10.1 Å². The van der Waals surface area contributed by atoms with E-state index in [1.54, 1.807) is 0 Å². The normalized spacial score (nSPS) is 16.8. The SMILES string of the molecule is CCc1ccnc(CCOc2ccc(CC3NC(=O)SC3=O)cc2)c1. The molecule has 0 radical (unpaired) electrons. The fourth-order valence-electron chi connectivity index (χ4n) is 2.64. The number of ether oxygens (including phenoxy) is 1. The number of amides is 1. The standard InChI is InChI=1S/C19H20N2O3S/c1-2-13-7-9-20-15(11-13)8-10-24-16-5-3-14(4-6-16)12-17-18(22)25-19(23)21-17/h3-7,9,11,17H,2,8,10,12H2,1H3,(H,21,23). The monoisotopic (exact) mass is 356 g/mol. The molecule has 25 heavy (non-hydrogen) atoms. The van der Waals surface area contributed by atoms with Gasteiger partial charge in [0.25, 0.3) is 5.24 Å². The van der Waals surface area contributed by atoms with Crippen LogP contribution in [0, 0.1) is 0 Å². The molecule has 2 aromatic rings. The Morgan fingerprint density at radius 3 is 2.64 bits per heavy atom. The smallest absolute Gasteiger partial charge is 0.287 e. The lowest BCUT2D eigenvalue weighted by Gasteiger charge is -2.10. The van der Waals surface area contributed by atoms with Crippen LogP contribution in [0.5, 0.6) is 5.75 Å². The van der Waals surface area contributed by atoms with Crippen LogP contribution in [0.15, 0.2) is 42.6 Å². The van der Waals surface area contributed by atoms with Gasteiger partial charge in [-0.25, -0.2) is 0 Å². The third kappa shape index (κ3) is 4.82. The molecule has 0 saturated carbocycles. The van der Waals surface area contributed by atoms with Gasteiger partial charge in [0, 0.05) is 36.5 Å². The van der Waals surface area contributed by atoms with Gasteiger partial charge in [0.1, 0.15) is 11.8 Å². The first-order chi connectivity index (χ1) is 12.1. The first-order valence-electron chi connectivity index (χ1n) is 8.32. The Morgan fingerprint density at radius 2 is 1.96 bits per heavy atom. The number of carbonyl (C=O) groups is 2. The quantitative estimate of drug-likeness (QED) is 0.825. The first-order valence-corrected chi connectivity index (χ1v) is 9.13.